The number of piperidine rings is 1. The summed E-state index contributed by atoms with van der Waals surface area (Å²) in [5, 5.41) is 0. The molecule has 1 aliphatic heterocycles. The molecule has 0 spiro atoms. The van der Waals surface area contributed by atoms with E-state index >= 15 is 0 Å². The van der Waals surface area contributed by atoms with E-state index in [9.17, 15) is 13.2 Å². The van der Waals surface area contributed by atoms with Gasteiger partial charge in [0.1, 0.15) is 0 Å². The van der Waals surface area contributed by atoms with Crippen molar-refractivity contribution in [1.29, 1.82) is 0 Å². The van der Waals surface area contributed by atoms with Crippen molar-refractivity contribution in [3.05, 3.63) is 23.8 Å². The fourth-order valence-electron chi connectivity index (χ4n) is 2.75. The number of thioether (sulfide) groups is 1. The van der Waals surface area contributed by atoms with Gasteiger partial charge < -0.3 is 4.90 Å². The number of amides is 1. The van der Waals surface area contributed by atoms with Crippen molar-refractivity contribution in [3.63, 3.8) is 0 Å². The number of likely N-dealkylation sites (tertiary alicyclic amines) is 1. The van der Waals surface area contributed by atoms with Gasteiger partial charge in [-0.15, -0.1) is 11.8 Å². The summed E-state index contributed by atoms with van der Waals surface area (Å²) in [6, 6.07) is 4.79. The Morgan fingerprint density at radius 3 is 2.33 bits per heavy atom. The van der Waals surface area contributed by atoms with Gasteiger partial charge in [0.15, 0.2) is 0 Å². The molecular formula is C17H26N2O3S2. The summed E-state index contributed by atoms with van der Waals surface area (Å²) in [4.78, 5) is 15.6. The first-order valence-electron chi connectivity index (χ1n) is 8.15. The van der Waals surface area contributed by atoms with Gasteiger partial charge in [-0.3, -0.25) is 4.79 Å². The number of rotatable bonds is 4. The molecule has 0 aromatic heterocycles. The molecule has 134 valence electrons. The average molecular weight is 371 g/mol. The van der Waals surface area contributed by atoms with Crippen LogP contribution in [0.4, 0.5) is 0 Å². The maximum absolute atomic E-state index is 12.8. The molecule has 1 N–H and O–H groups in total. The van der Waals surface area contributed by atoms with Gasteiger partial charge in [0.25, 0.3) is 5.91 Å². The number of benzene rings is 1. The van der Waals surface area contributed by atoms with E-state index in [1.54, 1.807) is 32.9 Å². The fraction of sp³-hybridized carbons (Fsp3) is 0.588. The van der Waals surface area contributed by atoms with E-state index in [-0.39, 0.29) is 10.8 Å². The lowest BCUT2D eigenvalue weighted by atomic mass is 10.1. The van der Waals surface area contributed by atoms with Gasteiger partial charge in [-0.1, -0.05) is 0 Å². The van der Waals surface area contributed by atoms with Crippen LogP contribution in [-0.2, 0) is 10.0 Å². The molecule has 0 unspecified atom stereocenters. The van der Waals surface area contributed by atoms with Crippen molar-refractivity contribution in [1.82, 2.24) is 9.62 Å². The summed E-state index contributed by atoms with van der Waals surface area (Å²) in [6.07, 6.45) is 5.04. The minimum absolute atomic E-state index is 0.0770. The molecule has 0 bridgehead atoms. The van der Waals surface area contributed by atoms with Crippen LogP contribution in [0.2, 0.25) is 0 Å². The Balaban J connectivity index is 2.39. The zero-order chi connectivity index (χ0) is 18.0. The van der Waals surface area contributed by atoms with Gasteiger partial charge in [0.05, 0.1) is 10.5 Å². The third-order valence-electron chi connectivity index (χ3n) is 3.80. The molecule has 1 aromatic rings. The zero-order valence-corrected chi connectivity index (χ0v) is 16.4. The fourth-order valence-corrected chi connectivity index (χ4v) is 4.77. The quantitative estimate of drug-likeness (QED) is 0.827. The molecule has 5 nitrogen and oxygen atoms in total. The van der Waals surface area contributed by atoms with Crippen LogP contribution in [0.1, 0.15) is 50.4 Å². The number of nitrogens with zero attached hydrogens (tertiary/aromatic N) is 1. The predicted octanol–water partition coefficient (Wildman–Crippen LogP) is 3.11. The van der Waals surface area contributed by atoms with E-state index in [1.165, 1.54) is 17.8 Å². The van der Waals surface area contributed by atoms with E-state index in [1.807, 2.05) is 11.2 Å². The molecule has 1 amide bonds. The first-order valence-corrected chi connectivity index (χ1v) is 10.9. The second-order valence-corrected chi connectivity index (χ2v) is 9.60. The normalized spacial score (nSPS) is 16.2. The number of carbonyl (C=O) groups is 1. The van der Waals surface area contributed by atoms with E-state index in [4.69, 9.17) is 0 Å². The summed E-state index contributed by atoms with van der Waals surface area (Å²) >= 11 is 1.46. The largest absolute Gasteiger partial charge is 0.339 e. The molecule has 1 aliphatic rings. The Morgan fingerprint density at radius 1 is 1.17 bits per heavy atom. The molecule has 2 rings (SSSR count). The molecule has 0 radical (unpaired) electrons. The zero-order valence-electron chi connectivity index (χ0n) is 14.8. The van der Waals surface area contributed by atoms with Gasteiger partial charge in [0.2, 0.25) is 10.0 Å². The first-order chi connectivity index (χ1) is 11.1. The molecule has 0 aliphatic carbocycles. The summed E-state index contributed by atoms with van der Waals surface area (Å²) in [5.41, 5.74) is -0.102. The standard InChI is InChI=1S/C17H26N2O3S2/c1-17(2,3)18-24(21,22)13-8-9-15(23-4)14(12-13)16(20)19-10-6-5-7-11-19/h8-9,12,18H,5-7,10-11H2,1-4H3. The van der Waals surface area contributed by atoms with Crippen molar-refractivity contribution in [3.8, 4) is 0 Å². The lowest BCUT2D eigenvalue weighted by Crippen LogP contribution is -2.40. The van der Waals surface area contributed by atoms with E-state index < -0.39 is 15.6 Å². The summed E-state index contributed by atoms with van der Waals surface area (Å²) in [6.45, 7) is 6.86. The molecule has 1 heterocycles. The molecule has 0 saturated carbocycles. The molecule has 1 fully saturated rings. The lowest BCUT2D eigenvalue weighted by molar-refractivity contribution is 0.0720. The Hall–Kier alpha value is -1.05. The van der Waals surface area contributed by atoms with Crippen LogP contribution in [0.15, 0.2) is 28.0 Å². The number of nitrogens with one attached hydrogen (secondary N) is 1. The minimum Gasteiger partial charge on any atom is -0.339 e. The van der Waals surface area contributed by atoms with Gasteiger partial charge in [-0.2, -0.15) is 0 Å². The van der Waals surface area contributed by atoms with Crippen LogP contribution in [0.25, 0.3) is 0 Å². The molecule has 1 saturated heterocycles. The molecule has 1 aromatic carbocycles. The highest BCUT2D eigenvalue weighted by atomic mass is 32.2. The minimum atomic E-state index is -3.66. The monoisotopic (exact) mass is 370 g/mol. The van der Waals surface area contributed by atoms with Gasteiger partial charge in [-0.05, 0) is 64.5 Å². The summed E-state index contributed by atoms with van der Waals surface area (Å²) in [7, 11) is -3.66. The Bertz CT molecular complexity index is 703. The number of hydrogen-bond acceptors (Lipinski definition) is 4. The Kier molecular flexibility index (Phi) is 5.99. The number of carbonyl (C=O) groups excluding carboxylic acids is 1. The lowest BCUT2D eigenvalue weighted by Gasteiger charge is -2.27. The molecule has 24 heavy (non-hydrogen) atoms. The molecule has 7 heteroatoms. The summed E-state index contributed by atoms with van der Waals surface area (Å²) < 4.78 is 27.7. The van der Waals surface area contributed by atoms with Crippen LogP contribution in [0.3, 0.4) is 0 Å². The van der Waals surface area contributed by atoms with Gasteiger partial charge in [0, 0.05) is 23.5 Å². The van der Waals surface area contributed by atoms with Crippen molar-refractivity contribution in [2.45, 2.75) is 55.4 Å². The first kappa shape index (κ1) is 19.3. The van der Waals surface area contributed by atoms with E-state index in [2.05, 4.69) is 4.72 Å². The highest BCUT2D eigenvalue weighted by Gasteiger charge is 2.26. The number of hydrogen-bond donors (Lipinski definition) is 1. The predicted molar refractivity (Wildman–Crippen MR) is 98.1 cm³/mol. The van der Waals surface area contributed by atoms with Crippen LogP contribution >= 0.6 is 11.8 Å². The highest BCUT2D eigenvalue weighted by molar-refractivity contribution is 7.98. The van der Waals surface area contributed by atoms with Gasteiger partial charge in [-0.25, -0.2) is 13.1 Å². The Morgan fingerprint density at radius 2 is 1.79 bits per heavy atom. The number of sulfonamides is 1. The maximum Gasteiger partial charge on any atom is 0.255 e. The average Bonchev–Trinajstić information content (AvgIpc) is 2.52. The third kappa shape index (κ3) is 4.74. The van der Waals surface area contributed by atoms with Gasteiger partial charge >= 0.3 is 0 Å². The smallest absolute Gasteiger partial charge is 0.255 e. The Labute approximate surface area is 149 Å². The second-order valence-electron chi connectivity index (χ2n) is 7.07. The van der Waals surface area contributed by atoms with Crippen LogP contribution < -0.4 is 4.72 Å². The van der Waals surface area contributed by atoms with Crippen LogP contribution in [0.5, 0.6) is 0 Å². The third-order valence-corrected chi connectivity index (χ3v) is 6.35. The summed E-state index contributed by atoms with van der Waals surface area (Å²) in [5.74, 6) is -0.0770. The maximum atomic E-state index is 12.8. The van der Waals surface area contributed by atoms with Crippen molar-refractivity contribution < 1.29 is 13.2 Å². The van der Waals surface area contributed by atoms with Crippen molar-refractivity contribution in [2.24, 2.45) is 0 Å². The highest BCUT2D eigenvalue weighted by Crippen LogP contribution is 2.26. The SMILES string of the molecule is CSc1ccc(S(=O)(=O)NC(C)(C)C)cc1C(=O)N1CCCCC1. The van der Waals surface area contributed by atoms with E-state index in [0.717, 1.165) is 37.2 Å². The molecular weight excluding hydrogens is 344 g/mol. The van der Waals surface area contributed by atoms with Crippen molar-refractivity contribution >= 4 is 27.7 Å². The topological polar surface area (TPSA) is 66.5 Å². The van der Waals surface area contributed by atoms with E-state index in [0.29, 0.717) is 5.56 Å². The van der Waals surface area contributed by atoms with Crippen LogP contribution in [-0.4, -0.2) is 44.1 Å². The van der Waals surface area contributed by atoms with Crippen molar-refractivity contribution in [2.75, 3.05) is 19.3 Å². The second kappa shape index (κ2) is 7.45. The molecule has 0 atom stereocenters. The van der Waals surface area contributed by atoms with Crippen LogP contribution in [0, 0.1) is 0 Å².